The van der Waals surface area contributed by atoms with Crippen LogP contribution in [0.15, 0.2) is 47.0 Å². The smallest absolute Gasteiger partial charge is 0.128 e. The van der Waals surface area contributed by atoms with Gasteiger partial charge in [-0.3, -0.25) is 0 Å². The van der Waals surface area contributed by atoms with E-state index in [0.717, 1.165) is 50.5 Å². The Morgan fingerprint density at radius 1 is 1.13 bits per heavy atom. The fourth-order valence-electron chi connectivity index (χ4n) is 4.87. The van der Waals surface area contributed by atoms with Crippen molar-refractivity contribution in [3.63, 3.8) is 0 Å². The molecular formula is C26H41N5. The lowest BCUT2D eigenvalue weighted by Crippen LogP contribution is -2.46. The summed E-state index contributed by atoms with van der Waals surface area (Å²) in [6, 6.07) is 2.18. The van der Waals surface area contributed by atoms with E-state index in [1.54, 1.807) is 0 Å². The highest BCUT2D eigenvalue weighted by Crippen LogP contribution is 2.35. The summed E-state index contributed by atoms with van der Waals surface area (Å²) in [5.74, 6) is 1.56. The second kappa shape index (κ2) is 10.3. The third-order valence-corrected chi connectivity index (χ3v) is 6.55. The average Bonchev–Trinajstić information content (AvgIpc) is 2.89. The molecule has 1 atom stereocenters. The van der Waals surface area contributed by atoms with Gasteiger partial charge < -0.3 is 20.4 Å². The molecule has 0 spiro atoms. The van der Waals surface area contributed by atoms with Crippen molar-refractivity contribution in [2.45, 2.75) is 59.8 Å². The SMILES string of the molecule is CCCC(CC)C1=CC=C(C)CC(N)=C1N1CCCN(c2cnc(N(C)C)cc2C)C1. The summed E-state index contributed by atoms with van der Waals surface area (Å²) in [4.78, 5) is 11.7. The molecular weight excluding hydrogens is 382 g/mol. The molecule has 1 aliphatic heterocycles. The number of aromatic nitrogens is 1. The number of hydrogen-bond acceptors (Lipinski definition) is 5. The Bertz CT molecular complexity index is 865. The van der Waals surface area contributed by atoms with E-state index < -0.39 is 0 Å². The van der Waals surface area contributed by atoms with Gasteiger partial charge in [-0.2, -0.15) is 0 Å². The van der Waals surface area contributed by atoms with E-state index in [4.69, 9.17) is 5.73 Å². The Balaban J connectivity index is 1.92. The summed E-state index contributed by atoms with van der Waals surface area (Å²) in [6.07, 6.45) is 12.2. The molecule has 2 N–H and O–H groups in total. The third-order valence-electron chi connectivity index (χ3n) is 6.55. The Morgan fingerprint density at radius 3 is 2.52 bits per heavy atom. The van der Waals surface area contributed by atoms with E-state index in [2.05, 4.69) is 65.6 Å². The van der Waals surface area contributed by atoms with Crippen LogP contribution >= 0.6 is 0 Å². The van der Waals surface area contributed by atoms with Crippen molar-refractivity contribution in [2.75, 3.05) is 43.7 Å². The summed E-state index contributed by atoms with van der Waals surface area (Å²) in [7, 11) is 4.07. The number of aryl methyl sites for hydroxylation is 1. The zero-order chi connectivity index (χ0) is 22.5. The number of anilines is 2. The summed E-state index contributed by atoms with van der Waals surface area (Å²) < 4.78 is 0. The van der Waals surface area contributed by atoms with E-state index in [1.165, 1.54) is 40.9 Å². The van der Waals surface area contributed by atoms with E-state index >= 15 is 0 Å². The van der Waals surface area contributed by atoms with E-state index in [9.17, 15) is 0 Å². The van der Waals surface area contributed by atoms with Crippen molar-refractivity contribution in [1.82, 2.24) is 9.88 Å². The highest BCUT2D eigenvalue weighted by atomic mass is 15.3. The summed E-state index contributed by atoms with van der Waals surface area (Å²) in [5.41, 5.74) is 14.3. The molecule has 0 amide bonds. The minimum absolute atomic E-state index is 0.554. The zero-order valence-electron chi connectivity index (χ0n) is 20.4. The topological polar surface area (TPSA) is 48.6 Å². The van der Waals surface area contributed by atoms with Crippen LogP contribution in [0.3, 0.4) is 0 Å². The summed E-state index contributed by atoms with van der Waals surface area (Å²) >= 11 is 0. The average molecular weight is 424 g/mol. The van der Waals surface area contributed by atoms with Crippen LogP contribution in [0.2, 0.25) is 0 Å². The second-order valence-electron chi connectivity index (χ2n) is 9.32. The Morgan fingerprint density at radius 2 is 1.87 bits per heavy atom. The number of nitrogens with zero attached hydrogens (tertiary/aromatic N) is 4. The molecule has 170 valence electrons. The molecule has 5 heteroatoms. The normalized spacial score (nSPS) is 18.5. The molecule has 3 rings (SSSR count). The molecule has 31 heavy (non-hydrogen) atoms. The fraction of sp³-hybridized carbons (Fsp3) is 0.577. The van der Waals surface area contributed by atoms with Gasteiger partial charge in [0.1, 0.15) is 5.82 Å². The van der Waals surface area contributed by atoms with Gasteiger partial charge in [0.15, 0.2) is 0 Å². The van der Waals surface area contributed by atoms with Crippen LogP contribution in [-0.4, -0.2) is 43.7 Å². The van der Waals surface area contributed by atoms with Crippen molar-refractivity contribution in [3.8, 4) is 0 Å². The van der Waals surface area contributed by atoms with Gasteiger partial charge in [0.05, 0.1) is 24.2 Å². The maximum Gasteiger partial charge on any atom is 0.128 e. The first kappa shape index (κ1) is 23.2. The van der Waals surface area contributed by atoms with Gasteiger partial charge in [0, 0.05) is 39.3 Å². The predicted octanol–water partition coefficient (Wildman–Crippen LogP) is 5.20. The van der Waals surface area contributed by atoms with Crippen LogP contribution in [0.4, 0.5) is 11.5 Å². The minimum atomic E-state index is 0.554. The number of hydrogen-bond donors (Lipinski definition) is 1. The molecule has 0 radical (unpaired) electrons. The standard InChI is InChI=1S/C26H41N5/c1-7-10-21(8-2)22-12-11-19(3)15-23(27)26(22)31-14-9-13-30(18-31)24-17-28-25(29(5)6)16-20(24)4/h11-12,16-17,21H,7-10,13-15,18,27H2,1-6H3. The molecule has 0 bridgehead atoms. The van der Waals surface area contributed by atoms with Crippen LogP contribution in [0, 0.1) is 12.8 Å². The molecule has 1 saturated heterocycles. The van der Waals surface area contributed by atoms with Crippen molar-refractivity contribution in [3.05, 3.63) is 52.5 Å². The highest BCUT2D eigenvalue weighted by molar-refractivity contribution is 5.57. The molecule has 5 nitrogen and oxygen atoms in total. The highest BCUT2D eigenvalue weighted by Gasteiger charge is 2.28. The van der Waals surface area contributed by atoms with Crippen LogP contribution in [-0.2, 0) is 0 Å². The van der Waals surface area contributed by atoms with Crippen molar-refractivity contribution in [1.29, 1.82) is 0 Å². The molecule has 1 fully saturated rings. The third kappa shape index (κ3) is 5.25. The van der Waals surface area contributed by atoms with E-state index in [0.29, 0.717) is 5.92 Å². The van der Waals surface area contributed by atoms with E-state index in [1.807, 2.05) is 20.3 Å². The quantitative estimate of drug-likeness (QED) is 0.653. The monoisotopic (exact) mass is 423 g/mol. The van der Waals surface area contributed by atoms with Gasteiger partial charge in [-0.25, -0.2) is 4.98 Å². The molecule has 1 unspecified atom stereocenters. The Labute approximate surface area is 189 Å². The molecule has 0 aromatic carbocycles. The summed E-state index contributed by atoms with van der Waals surface area (Å²) in [5, 5.41) is 0. The molecule has 2 heterocycles. The second-order valence-corrected chi connectivity index (χ2v) is 9.32. The molecule has 1 aromatic rings. The molecule has 1 aromatic heterocycles. The Hall–Kier alpha value is -2.43. The van der Waals surface area contributed by atoms with Crippen molar-refractivity contribution < 1.29 is 0 Å². The van der Waals surface area contributed by atoms with Gasteiger partial charge in [-0.05, 0) is 56.2 Å². The fourth-order valence-corrected chi connectivity index (χ4v) is 4.87. The van der Waals surface area contributed by atoms with Crippen LogP contribution in [0.5, 0.6) is 0 Å². The first-order chi connectivity index (χ1) is 14.8. The lowest BCUT2D eigenvalue weighted by Gasteiger charge is -2.42. The van der Waals surface area contributed by atoms with Gasteiger partial charge >= 0.3 is 0 Å². The lowest BCUT2D eigenvalue weighted by molar-refractivity contribution is 0.294. The van der Waals surface area contributed by atoms with E-state index in [-0.39, 0.29) is 0 Å². The maximum absolute atomic E-state index is 6.77. The molecule has 1 aliphatic carbocycles. The number of pyridine rings is 1. The van der Waals surface area contributed by atoms with Gasteiger partial charge in [-0.15, -0.1) is 0 Å². The predicted molar refractivity (Wildman–Crippen MR) is 133 cm³/mol. The lowest BCUT2D eigenvalue weighted by atomic mass is 9.88. The van der Waals surface area contributed by atoms with Gasteiger partial charge in [0.2, 0.25) is 0 Å². The van der Waals surface area contributed by atoms with Gasteiger partial charge in [0.25, 0.3) is 0 Å². The molecule has 2 aliphatic rings. The maximum atomic E-state index is 6.77. The first-order valence-electron chi connectivity index (χ1n) is 11.9. The van der Waals surface area contributed by atoms with Gasteiger partial charge in [-0.1, -0.05) is 38.0 Å². The first-order valence-corrected chi connectivity index (χ1v) is 11.9. The zero-order valence-corrected chi connectivity index (χ0v) is 20.4. The number of allylic oxidation sites excluding steroid dienone is 4. The van der Waals surface area contributed by atoms with Crippen LogP contribution in [0.1, 0.15) is 58.4 Å². The largest absolute Gasteiger partial charge is 0.400 e. The molecule has 0 saturated carbocycles. The van der Waals surface area contributed by atoms with Crippen molar-refractivity contribution in [2.24, 2.45) is 11.7 Å². The Kier molecular flexibility index (Phi) is 7.69. The minimum Gasteiger partial charge on any atom is -0.400 e. The summed E-state index contributed by atoms with van der Waals surface area (Å²) in [6.45, 7) is 11.9. The van der Waals surface area contributed by atoms with Crippen LogP contribution in [0.25, 0.3) is 0 Å². The number of rotatable bonds is 7. The van der Waals surface area contributed by atoms with Crippen molar-refractivity contribution >= 4 is 11.5 Å². The number of nitrogens with two attached hydrogens (primary N) is 1. The van der Waals surface area contributed by atoms with Crippen LogP contribution < -0.4 is 15.5 Å².